The average molecular weight is 303 g/mol. The Balaban J connectivity index is 1.74. The molecule has 0 spiro atoms. The highest BCUT2D eigenvalue weighted by atomic mass is 16.5. The van der Waals surface area contributed by atoms with Crippen molar-refractivity contribution in [2.45, 2.75) is 0 Å². The van der Waals surface area contributed by atoms with Gasteiger partial charge in [-0.1, -0.05) is 30.3 Å². The summed E-state index contributed by atoms with van der Waals surface area (Å²) in [7, 11) is 0. The SMILES string of the molecule is Nc1ncc(Oc2ccccc2)nc1-c1nc2ccccc2[nH]1. The van der Waals surface area contributed by atoms with Crippen molar-refractivity contribution < 1.29 is 4.74 Å². The Hall–Kier alpha value is -3.41. The molecule has 4 rings (SSSR count). The van der Waals surface area contributed by atoms with Gasteiger partial charge in [-0.3, -0.25) is 0 Å². The van der Waals surface area contributed by atoms with Gasteiger partial charge in [0, 0.05) is 0 Å². The fourth-order valence-electron chi connectivity index (χ4n) is 2.28. The number of ether oxygens (including phenoxy) is 1. The van der Waals surface area contributed by atoms with Gasteiger partial charge >= 0.3 is 0 Å². The predicted octanol–water partition coefficient (Wildman–Crippen LogP) is 3.39. The molecule has 4 aromatic rings. The number of nitrogen functional groups attached to an aromatic ring is 1. The Labute approximate surface area is 132 Å². The average Bonchev–Trinajstić information content (AvgIpc) is 3.01. The van der Waals surface area contributed by atoms with E-state index >= 15 is 0 Å². The van der Waals surface area contributed by atoms with E-state index < -0.39 is 0 Å². The van der Waals surface area contributed by atoms with Crippen LogP contribution in [0.1, 0.15) is 0 Å². The third kappa shape index (κ3) is 2.57. The van der Waals surface area contributed by atoms with Crippen LogP contribution in [0.5, 0.6) is 11.6 Å². The number of nitrogens with one attached hydrogen (secondary N) is 1. The highest BCUT2D eigenvalue weighted by Crippen LogP contribution is 2.26. The summed E-state index contributed by atoms with van der Waals surface area (Å²) in [5.41, 5.74) is 8.18. The van der Waals surface area contributed by atoms with Crippen molar-refractivity contribution in [1.82, 2.24) is 19.9 Å². The number of aromatic nitrogens is 4. The van der Waals surface area contributed by atoms with Gasteiger partial charge in [0.15, 0.2) is 17.3 Å². The van der Waals surface area contributed by atoms with Crippen LogP contribution in [-0.4, -0.2) is 19.9 Å². The van der Waals surface area contributed by atoms with E-state index in [2.05, 4.69) is 19.9 Å². The van der Waals surface area contributed by atoms with Gasteiger partial charge in [0.2, 0.25) is 5.88 Å². The van der Waals surface area contributed by atoms with Crippen molar-refractivity contribution in [3.05, 3.63) is 60.8 Å². The highest BCUT2D eigenvalue weighted by molar-refractivity contribution is 5.80. The van der Waals surface area contributed by atoms with Crippen molar-refractivity contribution >= 4 is 16.9 Å². The minimum Gasteiger partial charge on any atom is -0.437 e. The first-order chi connectivity index (χ1) is 11.3. The largest absolute Gasteiger partial charge is 0.437 e. The van der Waals surface area contributed by atoms with E-state index in [4.69, 9.17) is 10.5 Å². The highest BCUT2D eigenvalue weighted by Gasteiger charge is 2.13. The molecule has 0 unspecified atom stereocenters. The monoisotopic (exact) mass is 303 g/mol. The molecule has 2 aromatic heterocycles. The van der Waals surface area contributed by atoms with E-state index in [1.54, 1.807) is 0 Å². The maximum absolute atomic E-state index is 5.95. The van der Waals surface area contributed by atoms with Crippen LogP contribution in [0, 0.1) is 0 Å². The minimum atomic E-state index is 0.296. The third-order valence-electron chi connectivity index (χ3n) is 3.36. The lowest BCUT2D eigenvalue weighted by Gasteiger charge is -2.06. The van der Waals surface area contributed by atoms with Gasteiger partial charge in [-0.25, -0.2) is 15.0 Å². The van der Waals surface area contributed by atoms with Crippen LogP contribution in [0.2, 0.25) is 0 Å². The molecule has 3 N–H and O–H groups in total. The molecule has 6 heteroatoms. The zero-order chi connectivity index (χ0) is 15.6. The molecule has 0 fully saturated rings. The Bertz CT molecular complexity index is 932. The number of nitrogens with zero attached hydrogens (tertiary/aromatic N) is 3. The van der Waals surface area contributed by atoms with Crippen molar-refractivity contribution in [3.63, 3.8) is 0 Å². The number of aromatic amines is 1. The van der Waals surface area contributed by atoms with E-state index in [1.165, 1.54) is 6.20 Å². The number of fused-ring (bicyclic) bond motifs is 1. The van der Waals surface area contributed by atoms with Crippen LogP contribution in [0.15, 0.2) is 60.8 Å². The lowest BCUT2D eigenvalue weighted by molar-refractivity contribution is 0.461. The molecule has 0 aliphatic rings. The molecular formula is C17H13N5O. The van der Waals surface area contributed by atoms with Gasteiger partial charge in [-0.15, -0.1) is 0 Å². The number of hydrogen-bond donors (Lipinski definition) is 2. The third-order valence-corrected chi connectivity index (χ3v) is 3.36. The Morgan fingerprint density at radius 3 is 2.52 bits per heavy atom. The number of para-hydroxylation sites is 3. The molecule has 23 heavy (non-hydrogen) atoms. The first-order valence-corrected chi connectivity index (χ1v) is 7.10. The summed E-state index contributed by atoms with van der Waals surface area (Å²) in [6, 6.07) is 17.1. The number of rotatable bonds is 3. The quantitative estimate of drug-likeness (QED) is 0.605. The summed E-state index contributed by atoms with van der Waals surface area (Å²) in [4.78, 5) is 16.3. The number of imidazole rings is 1. The second kappa shape index (κ2) is 5.42. The Morgan fingerprint density at radius 1 is 0.913 bits per heavy atom. The van der Waals surface area contributed by atoms with Crippen molar-refractivity contribution in [2.24, 2.45) is 0 Å². The fourth-order valence-corrected chi connectivity index (χ4v) is 2.28. The standard InChI is InChI=1S/C17H13N5O/c18-16-15(17-20-12-8-4-5-9-13(12)21-17)22-14(10-19-16)23-11-6-2-1-3-7-11/h1-10H,(H2,18,19)(H,20,21). The number of hydrogen-bond acceptors (Lipinski definition) is 5. The maximum atomic E-state index is 5.95. The second-order valence-electron chi connectivity index (χ2n) is 4.96. The van der Waals surface area contributed by atoms with Crippen molar-refractivity contribution in [2.75, 3.05) is 5.73 Å². The normalized spacial score (nSPS) is 10.8. The predicted molar refractivity (Wildman–Crippen MR) is 88.0 cm³/mol. The number of benzene rings is 2. The van der Waals surface area contributed by atoms with Crippen LogP contribution >= 0.6 is 0 Å². The molecule has 0 bridgehead atoms. The summed E-state index contributed by atoms with van der Waals surface area (Å²) in [5.74, 6) is 1.90. The molecule has 2 heterocycles. The lowest BCUT2D eigenvalue weighted by Crippen LogP contribution is -2.00. The molecule has 0 saturated carbocycles. The summed E-state index contributed by atoms with van der Waals surface area (Å²) >= 11 is 0. The summed E-state index contributed by atoms with van der Waals surface area (Å²) in [6.07, 6.45) is 1.49. The zero-order valence-corrected chi connectivity index (χ0v) is 12.1. The number of H-pyrrole nitrogens is 1. The van der Waals surface area contributed by atoms with Gasteiger partial charge < -0.3 is 15.5 Å². The first-order valence-electron chi connectivity index (χ1n) is 7.10. The summed E-state index contributed by atoms with van der Waals surface area (Å²) in [5, 5.41) is 0. The van der Waals surface area contributed by atoms with Crippen LogP contribution in [-0.2, 0) is 0 Å². The molecule has 2 aromatic carbocycles. The Morgan fingerprint density at radius 2 is 1.70 bits per heavy atom. The lowest BCUT2D eigenvalue weighted by atomic mass is 10.3. The van der Waals surface area contributed by atoms with Gasteiger partial charge in [0.1, 0.15) is 5.75 Å². The van der Waals surface area contributed by atoms with Crippen LogP contribution < -0.4 is 10.5 Å². The molecule has 6 nitrogen and oxygen atoms in total. The molecule has 0 aliphatic heterocycles. The summed E-state index contributed by atoms with van der Waals surface area (Å²) in [6.45, 7) is 0. The second-order valence-corrected chi connectivity index (χ2v) is 4.96. The van der Waals surface area contributed by atoms with Crippen LogP contribution in [0.3, 0.4) is 0 Å². The topological polar surface area (TPSA) is 89.7 Å². The van der Waals surface area contributed by atoms with E-state index in [9.17, 15) is 0 Å². The first kappa shape index (κ1) is 13.3. The Kier molecular flexibility index (Phi) is 3.12. The van der Waals surface area contributed by atoms with Crippen LogP contribution in [0.4, 0.5) is 5.82 Å². The van der Waals surface area contributed by atoms with Crippen molar-refractivity contribution in [1.29, 1.82) is 0 Å². The van der Waals surface area contributed by atoms with E-state index in [0.717, 1.165) is 11.0 Å². The fraction of sp³-hybridized carbons (Fsp3) is 0. The summed E-state index contributed by atoms with van der Waals surface area (Å²) < 4.78 is 5.70. The zero-order valence-electron chi connectivity index (χ0n) is 12.1. The van der Waals surface area contributed by atoms with Gasteiger partial charge in [0.25, 0.3) is 0 Å². The van der Waals surface area contributed by atoms with E-state index in [1.807, 2.05) is 54.6 Å². The number of nitrogens with two attached hydrogens (primary N) is 1. The number of anilines is 1. The van der Waals surface area contributed by atoms with Crippen LogP contribution in [0.25, 0.3) is 22.6 Å². The molecule has 112 valence electrons. The van der Waals surface area contributed by atoms with Crippen molar-refractivity contribution in [3.8, 4) is 23.1 Å². The minimum absolute atomic E-state index is 0.296. The van der Waals surface area contributed by atoms with Gasteiger partial charge in [-0.2, -0.15) is 0 Å². The van der Waals surface area contributed by atoms with Gasteiger partial charge in [-0.05, 0) is 24.3 Å². The molecule has 0 atom stereocenters. The molecule has 0 saturated heterocycles. The van der Waals surface area contributed by atoms with E-state index in [-0.39, 0.29) is 0 Å². The van der Waals surface area contributed by atoms with Gasteiger partial charge in [0.05, 0.1) is 17.2 Å². The smallest absolute Gasteiger partial charge is 0.238 e. The molecule has 0 radical (unpaired) electrons. The maximum Gasteiger partial charge on any atom is 0.238 e. The molecule has 0 aliphatic carbocycles. The van der Waals surface area contributed by atoms with E-state index in [0.29, 0.717) is 29.0 Å². The molecule has 0 amide bonds. The molecular weight excluding hydrogens is 290 g/mol.